The van der Waals surface area contributed by atoms with E-state index in [1.165, 1.54) is 0 Å². The number of carbonyl (C=O) groups is 1. The number of aromatic nitrogens is 3. The van der Waals surface area contributed by atoms with Crippen molar-refractivity contribution in [3.05, 3.63) is 89.9 Å². The summed E-state index contributed by atoms with van der Waals surface area (Å²) in [5.74, 6) is 0.739. The van der Waals surface area contributed by atoms with E-state index in [1.807, 2.05) is 62.5 Å². The molecule has 1 fully saturated rings. The van der Waals surface area contributed by atoms with Gasteiger partial charge in [-0.05, 0) is 62.1 Å². The van der Waals surface area contributed by atoms with Gasteiger partial charge in [0.15, 0.2) is 5.65 Å². The van der Waals surface area contributed by atoms with Gasteiger partial charge in [-0.1, -0.05) is 54.6 Å². The molecule has 1 aliphatic heterocycles. The van der Waals surface area contributed by atoms with E-state index >= 15 is 0 Å². The second-order valence-corrected chi connectivity index (χ2v) is 10.3. The van der Waals surface area contributed by atoms with Gasteiger partial charge in [-0.25, -0.2) is 14.3 Å². The van der Waals surface area contributed by atoms with Crippen molar-refractivity contribution in [2.45, 2.75) is 57.8 Å². The number of carbonyl (C=O) groups excluding carboxylic acids is 1. The molecule has 1 unspecified atom stereocenters. The van der Waals surface area contributed by atoms with Crippen LogP contribution in [0.1, 0.15) is 56.6 Å². The first kappa shape index (κ1) is 24.0. The van der Waals surface area contributed by atoms with E-state index in [0.29, 0.717) is 19.4 Å². The normalized spacial score (nSPS) is 19.4. The SMILES string of the molecule is Cc1nc2cc(-c3ccc([C@H](C)N4CCC(CC(C)(C)O)(c5ccccc5)OC4=O)cc3)ccn2n1. The fourth-order valence-corrected chi connectivity index (χ4v) is 5.20. The van der Waals surface area contributed by atoms with E-state index in [-0.39, 0.29) is 12.1 Å². The van der Waals surface area contributed by atoms with Crippen molar-refractivity contribution in [3.8, 4) is 11.1 Å². The van der Waals surface area contributed by atoms with Gasteiger partial charge in [0.2, 0.25) is 0 Å². The molecule has 0 saturated carbocycles. The number of rotatable bonds is 6. The van der Waals surface area contributed by atoms with Crippen LogP contribution in [0.15, 0.2) is 72.9 Å². The van der Waals surface area contributed by atoms with Gasteiger partial charge in [0.1, 0.15) is 11.4 Å². The number of aryl methyl sites for hydroxylation is 1. The highest BCUT2D eigenvalue weighted by molar-refractivity contribution is 5.71. The summed E-state index contributed by atoms with van der Waals surface area (Å²) in [6.45, 7) is 7.94. The van der Waals surface area contributed by atoms with Crippen molar-refractivity contribution in [2.24, 2.45) is 0 Å². The molecule has 1 aliphatic rings. The van der Waals surface area contributed by atoms with Gasteiger partial charge in [0.05, 0.1) is 11.6 Å². The number of hydrogen-bond acceptors (Lipinski definition) is 5. The second-order valence-electron chi connectivity index (χ2n) is 10.3. The zero-order valence-electron chi connectivity index (χ0n) is 21.2. The summed E-state index contributed by atoms with van der Waals surface area (Å²) in [4.78, 5) is 19.5. The lowest BCUT2D eigenvalue weighted by Crippen LogP contribution is -2.51. The van der Waals surface area contributed by atoms with Crippen molar-refractivity contribution in [1.29, 1.82) is 0 Å². The van der Waals surface area contributed by atoms with Gasteiger partial charge < -0.3 is 14.7 Å². The Bertz CT molecular complexity index is 1380. The number of aliphatic hydroxyl groups is 1. The van der Waals surface area contributed by atoms with Crippen LogP contribution >= 0.6 is 0 Å². The Morgan fingerprint density at radius 1 is 1.08 bits per heavy atom. The second kappa shape index (κ2) is 9.06. The zero-order chi connectivity index (χ0) is 25.5. The first-order valence-corrected chi connectivity index (χ1v) is 12.3. The number of cyclic esters (lactones) is 1. The largest absolute Gasteiger partial charge is 0.438 e. The number of amides is 1. The van der Waals surface area contributed by atoms with E-state index < -0.39 is 11.2 Å². The molecule has 5 rings (SSSR count). The molecule has 0 aliphatic carbocycles. The molecule has 0 spiro atoms. The molecule has 36 heavy (non-hydrogen) atoms. The number of hydrogen-bond donors (Lipinski definition) is 1. The van der Waals surface area contributed by atoms with Crippen LogP contribution in [0.4, 0.5) is 4.79 Å². The van der Waals surface area contributed by atoms with Gasteiger partial charge in [-0.2, -0.15) is 5.10 Å². The molecule has 0 radical (unpaired) electrons. The van der Waals surface area contributed by atoms with Crippen LogP contribution in [0.2, 0.25) is 0 Å². The van der Waals surface area contributed by atoms with Crippen LogP contribution in [-0.4, -0.2) is 42.8 Å². The Hall–Kier alpha value is -3.71. The predicted octanol–water partition coefficient (Wildman–Crippen LogP) is 5.66. The number of nitrogens with zero attached hydrogens (tertiary/aromatic N) is 4. The Morgan fingerprint density at radius 3 is 2.47 bits per heavy atom. The standard InChI is InChI=1S/C29H32N4O3/c1-20(22-10-12-23(13-11-22)24-14-16-33-26(18-24)30-21(2)31-33)32-17-15-29(36-27(32)34,19-28(3,4)35)25-8-6-5-7-9-25/h5-14,16,18,20,35H,15,17,19H2,1-4H3/t20-,29?/m0/s1. The highest BCUT2D eigenvalue weighted by Gasteiger charge is 2.46. The third kappa shape index (κ3) is 4.71. The van der Waals surface area contributed by atoms with Crippen molar-refractivity contribution in [3.63, 3.8) is 0 Å². The summed E-state index contributed by atoms with van der Waals surface area (Å²) in [5.41, 5.74) is 3.06. The zero-order valence-corrected chi connectivity index (χ0v) is 21.2. The maximum Gasteiger partial charge on any atom is 0.411 e. The Labute approximate surface area is 211 Å². The molecule has 186 valence electrons. The number of ether oxygens (including phenoxy) is 1. The van der Waals surface area contributed by atoms with Gasteiger partial charge in [-0.3, -0.25) is 0 Å². The summed E-state index contributed by atoms with van der Waals surface area (Å²) in [7, 11) is 0. The van der Waals surface area contributed by atoms with Crippen molar-refractivity contribution >= 4 is 11.7 Å². The van der Waals surface area contributed by atoms with Crippen molar-refractivity contribution < 1.29 is 14.6 Å². The highest BCUT2D eigenvalue weighted by atomic mass is 16.6. The molecule has 2 atom stereocenters. The average molecular weight is 485 g/mol. The molecule has 1 amide bonds. The van der Waals surface area contributed by atoms with Crippen molar-refractivity contribution in [1.82, 2.24) is 19.5 Å². The van der Waals surface area contributed by atoms with Crippen LogP contribution in [0.3, 0.4) is 0 Å². The topological polar surface area (TPSA) is 80.0 Å². The fourth-order valence-electron chi connectivity index (χ4n) is 5.20. The molecule has 1 saturated heterocycles. The minimum atomic E-state index is -0.978. The lowest BCUT2D eigenvalue weighted by atomic mass is 9.80. The molecule has 7 nitrogen and oxygen atoms in total. The summed E-state index contributed by atoms with van der Waals surface area (Å²) in [6, 6.07) is 21.9. The highest BCUT2D eigenvalue weighted by Crippen LogP contribution is 2.42. The minimum Gasteiger partial charge on any atom is -0.438 e. The van der Waals surface area contributed by atoms with Crippen LogP contribution in [0, 0.1) is 6.92 Å². The van der Waals surface area contributed by atoms with Crippen molar-refractivity contribution in [2.75, 3.05) is 6.54 Å². The monoisotopic (exact) mass is 484 g/mol. The molecule has 4 aromatic rings. The first-order chi connectivity index (χ1) is 17.1. The summed E-state index contributed by atoms with van der Waals surface area (Å²) in [5, 5.41) is 14.9. The molecular formula is C29H32N4O3. The summed E-state index contributed by atoms with van der Waals surface area (Å²) in [6.07, 6.45) is 2.49. The maximum atomic E-state index is 13.3. The lowest BCUT2D eigenvalue weighted by Gasteiger charge is -2.45. The minimum absolute atomic E-state index is 0.149. The molecule has 7 heteroatoms. The first-order valence-electron chi connectivity index (χ1n) is 12.3. The van der Waals surface area contributed by atoms with Crippen LogP contribution in [-0.2, 0) is 10.3 Å². The molecular weight excluding hydrogens is 452 g/mol. The lowest BCUT2D eigenvalue weighted by molar-refractivity contribution is -0.101. The van der Waals surface area contributed by atoms with E-state index in [9.17, 15) is 9.90 Å². The predicted molar refractivity (Wildman–Crippen MR) is 138 cm³/mol. The number of pyridine rings is 1. The molecule has 2 aromatic heterocycles. The van der Waals surface area contributed by atoms with E-state index in [4.69, 9.17) is 4.74 Å². The average Bonchev–Trinajstić information content (AvgIpc) is 3.22. The molecule has 3 heterocycles. The van der Waals surface area contributed by atoms with Gasteiger partial charge in [0, 0.05) is 25.6 Å². The fraction of sp³-hybridized carbons (Fsp3) is 0.345. The quantitative estimate of drug-likeness (QED) is 0.382. The third-order valence-corrected chi connectivity index (χ3v) is 6.93. The summed E-state index contributed by atoms with van der Waals surface area (Å²) >= 11 is 0. The molecule has 2 aromatic carbocycles. The Balaban J connectivity index is 1.35. The summed E-state index contributed by atoms with van der Waals surface area (Å²) < 4.78 is 7.91. The maximum absolute atomic E-state index is 13.3. The smallest absolute Gasteiger partial charge is 0.411 e. The van der Waals surface area contributed by atoms with E-state index in [1.54, 1.807) is 23.3 Å². The van der Waals surface area contributed by atoms with E-state index in [2.05, 4.69) is 34.3 Å². The molecule has 0 bridgehead atoms. The number of fused-ring (bicyclic) bond motifs is 1. The van der Waals surface area contributed by atoms with Gasteiger partial charge in [0.25, 0.3) is 0 Å². The third-order valence-electron chi connectivity index (χ3n) is 6.93. The van der Waals surface area contributed by atoms with Gasteiger partial charge >= 0.3 is 6.09 Å². The molecule has 1 N–H and O–H groups in total. The van der Waals surface area contributed by atoms with Gasteiger partial charge in [-0.15, -0.1) is 0 Å². The Kier molecular flexibility index (Phi) is 6.04. The van der Waals surface area contributed by atoms with Crippen LogP contribution in [0.5, 0.6) is 0 Å². The Morgan fingerprint density at radius 2 is 1.81 bits per heavy atom. The van der Waals surface area contributed by atoms with Crippen LogP contribution < -0.4 is 0 Å². The van der Waals surface area contributed by atoms with E-state index in [0.717, 1.165) is 33.7 Å². The number of benzene rings is 2. The van der Waals surface area contributed by atoms with Crippen LogP contribution in [0.25, 0.3) is 16.8 Å².